The van der Waals surface area contributed by atoms with E-state index in [2.05, 4.69) is 15.9 Å². The van der Waals surface area contributed by atoms with Gasteiger partial charge in [-0.2, -0.15) is 0 Å². The number of rotatable bonds is 2. The minimum Gasteiger partial charge on any atom is -0.381 e. The van der Waals surface area contributed by atoms with E-state index in [1.165, 1.54) is 0 Å². The number of ether oxygens (including phenoxy) is 1. The average molecular weight is 255 g/mol. The first-order chi connectivity index (χ1) is 6.81. The highest BCUT2D eigenvalue weighted by Gasteiger charge is 2.20. The Labute approximate surface area is 91.4 Å². The Kier molecular flexibility index (Phi) is 2.99. The van der Waals surface area contributed by atoms with Crippen LogP contribution in [0.1, 0.15) is 28.3 Å². The molecule has 0 N–H and O–H groups in total. The van der Waals surface area contributed by atoms with E-state index in [1.54, 1.807) is 0 Å². The van der Waals surface area contributed by atoms with Gasteiger partial charge in [-0.1, -0.05) is 22.0 Å². The summed E-state index contributed by atoms with van der Waals surface area (Å²) in [6.07, 6.45) is 1.93. The summed E-state index contributed by atoms with van der Waals surface area (Å²) in [5, 5.41) is 0. The van der Waals surface area contributed by atoms with Crippen LogP contribution in [0.2, 0.25) is 0 Å². The van der Waals surface area contributed by atoms with E-state index in [1.807, 2.05) is 18.2 Å². The van der Waals surface area contributed by atoms with Crippen molar-refractivity contribution in [2.75, 3.05) is 13.2 Å². The molecule has 0 aliphatic carbocycles. The lowest BCUT2D eigenvalue weighted by molar-refractivity contribution is 0.112. The van der Waals surface area contributed by atoms with Gasteiger partial charge in [0, 0.05) is 22.6 Å². The molecule has 1 aliphatic rings. The molecule has 1 aromatic rings. The molecule has 14 heavy (non-hydrogen) atoms. The number of hydrogen-bond donors (Lipinski definition) is 0. The number of hydrogen-bond acceptors (Lipinski definition) is 2. The molecule has 1 unspecified atom stereocenters. The van der Waals surface area contributed by atoms with Crippen LogP contribution < -0.4 is 0 Å². The molecule has 0 bridgehead atoms. The van der Waals surface area contributed by atoms with Crippen LogP contribution in [0.25, 0.3) is 0 Å². The van der Waals surface area contributed by atoms with Gasteiger partial charge in [-0.15, -0.1) is 0 Å². The number of carbonyl (C=O) groups excluding carboxylic acids is 1. The third kappa shape index (κ3) is 1.88. The van der Waals surface area contributed by atoms with Crippen molar-refractivity contribution in [3.63, 3.8) is 0 Å². The molecular formula is C11H11BrO2. The number of aldehydes is 1. The number of halogens is 1. The van der Waals surface area contributed by atoms with Crippen LogP contribution in [0.3, 0.4) is 0 Å². The van der Waals surface area contributed by atoms with E-state index in [4.69, 9.17) is 4.74 Å². The van der Waals surface area contributed by atoms with E-state index >= 15 is 0 Å². The molecule has 0 aromatic heterocycles. The van der Waals surface area contributed by atoms with Crippen LogP contribution in [0, 0.1) is 0 Å². The van der Waals surface area contributed by atoms with Crippen molar-refractivity contribution in [2.45, 2.75) is 12.3 Å². The third-order valence-corrected chi connectivity index (χ3v) is 3.04. The molecule has 0 radical (unpaired) electrons. The van der Waals surface area contributed by atoms with Crippen LogP contribution in [0.15, 0.2) is 22.7 Å². The van der Waals surface area contributed by atoms with Crippen LogP contribution in [0.4, 0.5) is 0 Å². The summed E-state index contributed by atoms with van der Waals surface area (Å²) < 4.78 is 6.26. The lowest BCUT2D eigenvalue weighted by Gasteiger charge is -2.10. The van der Waals surface area contributed by atoms with Crippen LogP contribution in [-0.4, -0.2) is 19.5 Å². The Balaban J connectivity index is 2.35. The van der Waals surface area contributed by atoms with Gasteiger partial charge in [-0.25, -0.2) is 0 Å². The molecular weight excluding hydrogens is 244 g/mol. The maximum Gasteiger partial charge on any atom is 0.150 e. The average Bonchev–Trinajstić information content (AvgIpc) is 2.70. The fourth-order valence-electron chi connectivity index (χ4n) is 1.80. The third-order valence-electron chi connectivity index (χ3n) is 2.55. The van der Waals surface area contributed by atoms with Crippen molar-refractivity contribution in [1.29, 1.82) is 0 Å². The maximum atomic E-state index is 10.9. The lowest BCUT2D eigenvalue weighted by Crippen LogP contribution is -2.01. The van der Waals surface area contributed by atoms with Gasteiger partial charge >= 0.3 is 0 Å². The molecule has 0 saturated carbocycles. The lowest BCUT2D eigenvalue weighted by atomic mass is 9.94. The second-order valence-electron chi connectivity index (χ2n) is 3.45. The zero-order valence-corrected chi connectivity index (χ0v) is 9.29. The van der Waals surface area contributed by atoms with Crippen LogP contribution in [0.5, 0.6) is 0 Å². The molecule has 1 atom stereocenters. The monoisotopic (exact) mass is 254 g/mol. The molecule has 1 aliphatic heterocycles. The second kappa shape index (κ2) is 4.24. The van der Waals surface area contributed by atoms with Crippen molar-refractivity contribution in [3.8, 4) is 0 Å². The van der Waals surface area contributed by atoms with Crippen molar-refractivity contribution < 1.29 is 9.53 Å². The predicted octanol–water partition coefficient (Wildman–Crippen LogP) is 2.77. The zero-order valence-electron chi connectivity index (χ0n) is 7.70. The highest BCUT2D eigenvalue weighted by molar-refractivity contribution is 9.10. The molecule has 1 saturated heterocycles. The fourth-order valence-corrected chi connectivity index (χ4v) is 2.18. The van der Waals surface area contributed by atoms with Crippen LogP contribution in [-0.2, 0) is 4.74 Å². The van der Waals surface area contributed by atoms with E-state index in [-0.39, 0.29) is 0 Å². The second-order valence-corrected chi connectivity index (χ2v) is 4.37. The smallest absolute Gasteiger partial charge is 0.150 e. The first-order valence-corrected chi connectivity index (χ1v) is 5.43. The largest absolute Gasteiger partial charge is 0.381 e. The molecule has 0 spiro atoms. The summed E-state index contributed by atoms with van der Waals surface area (Å²) >= 11 is 3.36. The minimum atomic E-state index is 0.392. The highest BCUT2D eigenvalue weighted by atomic mass is 79.9. The number of benzene rings is 1. The molecule has 3 heteroatoms. The van der Waals surface area contributed by atoms with E-state index in [9.17, 15) is 4.79 Å². The Morgan fingerprint density at radius 1 is 1.50 bits per heavy atom. The summed E-state index contributed by atoms with van der Waals surface area (Å²) in [5.74, 6) is 0.392. The van der Waals surface area contributed by atoms with Gasteiger partial charge in [0.2, 0.25) is 0 Å². The Bertz CT molecular complexity index is 343. The molecule has 2 rings (SSSR count). The van der Waals surface area contributed by atoms with Gasteiger partial charge in [-0.05, 0) is 24.1 Å². The van der Waals surface area contributed by atoms with Gasteiger partial charge in [-0.3, -0.25) is 4.79 Å². The summed E-state index contributed by atoms with van der Waals surface area (Å²) in [4.78, 5) is 10.9. The topological polar surface area (TPSA) is 26.3 Å². The van der Waals surface area contributed by atoms with E-state index in [0.717, 1.165) is 41.5 Å². The quantitative estimate of drug-likeness (QED) is 0.759. The van der Waals surface area contributed by atoms with Crippen molar-refractivity contribution in [2.24, 2.45) is 0 Å². The fraction of sp³-hybridized carbons (Fsp3) is 0.364. The maximum absolute atomic E-state index is 10.9. The van der Waals surface area contributed by atoms with Gasteiger partial charge < -0.3 is 4.74 Å². The van der Waals surface area contributed by atoms with E-state index < -0.39 is 0 Å². The molecule has 1 fully saturated rings. The molecule has 1 heterocycles. The first-order valence-electron chi connectivity index (χ1n) is 4.63. The summed E-state index contributed by atoms with van der Waals surface area (Å²) in [6.45, 7) is 1.54. The van der Waals surface area contributed by atoms with Crippen molar-refractivity contribution >= 4 is 22.2 Å². The molecule has 74 valence electrons. The zero-order chi connectivity index (χ0) is 9.97. The Morgan fingerprint density at radius 2 is 2.36 bits per heavy atom. The van der Waals surface area contributed by atoms with Crippen molar-refractivity contribution in [3.05, 3.63) is 33.8 Å². The highest BCUT2D eigenvalue weighted by Crippen LogP contribution is 2.28. The van der Waals surface area contributed by atoms with E-state index in [0.29, 0.717) is 5.92 Å². The SMILES string of the molecule is O=Cc1cc(Br)ccc1C1CCOC1. The molecule has 2 nitrogen and oxygen atoms in total. The molecule has 1 aromatic carbocycles. The van der Waals surface area contributed by atoms with Gasteiger partial charge in [0.1, 0.15) is 6.29 Å². The van der Waals surface area contributed by atoms with Crippen LogP contribution >= 0.6 is 15.9 Å². The minimum absolute atomic E-state index is 0.392. The Morgan fingerprint density at radius 3 is 3.00 bits per heavy atom. The normalized spacial score (nSPS) is 21.1. The van der Waals surface area contributed by atoms with Gasteiger partial charge in [0.05, 0.1) is 6.61 Å². The predicted molar refractivity (Wildman–Crippen MR) is 57.7 cm³/mol. The summed E-state index contributed by atoms with van der Waals surface area (Å²) in [7, 11) is 0. The van der Waals surface area contributed by atoms with Gasteiger partial charge in [0.25, 0.3) is 0 Å². The molecule has 0 amide bonds. The first kappa shape index (κ1) is 9.87. The van der Waals surface area contributed by atoms with Crippen molar-refractivity contribution in [1.82, 2.24) is 0 Å². The standard InChI is InChI=1S/C11H11BrO2/c12-10-1-2-11(9(5-10)6-13)8-3-4-14-7-8/h1-2,5-6,8H,3-4,7H2. The Hall–Kier alpha value is -0.670. The summed E-state index contributed by atoms with van der Waals surface area (Å²) in [6, 6.07) is 5.84. The number of carbonyl (C=O) groups is 1. The van der Waals surface area contributed by atoms with Gasteiger partial charge in [0.15, 0.2) is 0 Å². The summed E-state index contributed by atoms with van der Waals surface area (Å²) in [5.41, 5.74) is 1.88.